The average molecular weight is 531 g/mol. The summed E-state index contributed by atoms with van der Waals surface area (Å²) in [4.78, 5) is 0. The molecule has 0 aromatic rings. The standard InChI is InChI=1S/C33H54O5/c1-21(19-35)23-9-14-33(22(2)38-18-17-34)16-15-31(5)24(28(23)33)7-8-26-29(3)12-11-27(37)30(4,20-36)25(29)10-13-32(26,31)6/h23-28,34-37H,1-2,7-20H2,3-6H3/t23-,24?,25+,26+,27-,28+,29-,30-,31+,32+,33+/m0/s1. The van der Waals surface area contributed by atoms with Gasteiger partial charge in [-0.15, -0.1) is 0 Å². The van der Waals surface area contributed by atoms with Crippen LogP contribution >= 0.6 is 0 Å². The summed E-state index contributed by atoms with van der Waals surface area (Å²) in [6, 6.07) is 0. The molecule has 0 aromatic carbocycles. The van der Waals surface area contributed by atoms with E-state index in [0.29, 0.717) is 23.7 Å². The van der Waals surface area contributed by atoms with Crippen LogP contribution in [-0.4, -0.2) is 53.0 Å². The van der Waals surface area contributed by atoms with Crippen molar-refractivity contribution in [1.29, 1.82) is 0 Å². The van der Waals surface area contributed by atoms with Gasteiger partial charge in [0.15, 0.2) is 0 Å². The largest absolute Gasteiger partial charge is 0.496 e. The molecule has 5 heteroatoms. The van der Waals surface area contributed by atoms with Crippen molar-refractivity contribution in [3.63, 3.8) is 0 Å². The van der Waals surface area contributed by atoms with E-state index >= 15 is 0 Å². The predicted molar refractivity (Wildman–Crippen MR) is 150 cm³/mol. The lowest BCUT2D eigenvalue weighted by molar-refractivity contribution is -0.253. The van der Waals surface area contributed by atoms with Crippen molar-refractivity contribution in [1.82, 2.24) is 0 Å². The summed E-state index contributed by atoms with van der Waals surface area (Å²) >= 11 is 0. The van der Waals surface area contributed by atoms with Gasteiger partial charge in [-0.1, -0.05) is 40.9 Å². The maximum atomic E-state index is 11.0. The predicted octanol–water partition coefficient (Wildman–Crippen LogP) is 5.47. The van der Waals surface area contributed by atoms with E-state index in [2.05, 4.69) is 40.9 Å². The normalized spacial score (nSPS) is 51.8. The highest BCUT2D eigenvalue weighted by Crippen LogP contribution is 2.78. The molecule has 216 valence electrons. The molecule has 11 atom stereocenters. The molecule has 4 N–H and O–H groups in total. The Morgan fingerprint density at radius 2 is 1.55 bits per heavy atom. The molecule has 5 rings (SSSR count). The van der Waals surface area contributed by atoms with Gasteiger partial charge >= 0.3 is 0 Å². The number of aliphatic hydroxyl groups is 4. The van der Waals surface area contributed by atoms with Gasteiger partial charge in [0.25, 0.3) is 0 Å². The Hall–Kier alpha value is -0.880. The molecule has 0 aromatic heterocycles. The second kappa shape index (κ2) is 9.60. The monoisotopic (exact) mass is 530 g/mol. The molecule has 0 radical (unpaired) electrons. The van der Waals surface area contributed by atoms with Crippen molar-refractivity contribution in [2.45, 2.75) is 98.0 Å². The Morgan fingerprint density at radius 1 is 0.816 bits per heavy atom. The molecule has 5 aliphatic rings. The fraction of sp³-hybridized carbons (Fsp3) is 0.879. The van der Waals surface area contributed by atoms with Crippen LogP contribution in [0, 0.1) is 56.7 Å². The molecular formula is C33H54O5. The van der Waals surface area contributed by atoms with Crippen molar-refractivity contribution >= 4 is 0 Å². The Balaban J connectivity index is 1.54. The van der Waals surface area contributed by atoms with Crippen LogP contribution in [0.4, 0.5) is 0 Å². The smallest absolute Gasteiger partial charge is 0.111 e. The zero-order valence-electron chi connectivity index (χ0n) is 24.5. The van der Waals surface area contributed by atoms with Crippen LogP contribution in [0.25, 0.3) is 0 Å². The van der Waals surface area contributed by atoms with E-state index in [1.54, 1.807) is 0 Å². The lowest BCUT2D eigenvalue weighted by atomic mass is 9.32. The van der Waals surface area contributed by atoms with E-state index in [9.17, 15) is 20.4 Å². The first-order valence-electron chi connectivity index (χ1n) is 15.4. The van der Waals surface area contributed by atoms with Crippen LogP contribution in [-0.2, 0) is 4.74 Å². The van der Waals surface area contributed by atoms with E-state index in [1.807, 2.05) is 0 Å². The molecule has 38 heavy (non-hydrogen) atoms. The molecule has 0 amide bonds. The zero-order valence-corrected chi connectivity index (χ0v) is 24.5. The summed E-state index contributed by atoms with van der Waals surface area (Å²) in [6.45, 7) is 19.0. The van der Waals surface area contributed by atoms with Crippen LogP contribution in [0.1, 0.15) is 91.9 Å². The molecular weight excluding hydrogens is 476 g/mol. The number of fused-ring (bicyclic) bond motifs is 7. The highest BCUT2D eigenvalue weighted by atomic mass is 16.5. The molecule has 5 nitrogen and oxygen atoms in total. The molecule has 5 saturated carbocycles. The van der Waals surface area contributed by atoms with Gasteiger partial charge in [-0.3, -0.25) is 0 Å². The van der Waals surface area contributed by atoms with Crippen molar-refractivity contribution in [3.8, 4) is 0 Å². The third-order valence-corrected chi connectivity index (χ3v) is 14.2. The van der Waals surface area contributed by atoms with Gasteiger partial charge in [-0.2, -0.15) is 0 Å². The summed E-state index contributed by atoms with van der Waals surface area (Å²) in [5, 5.41) is 41.1. The number of hydrogen-bond donors (Lipinski definition) is 4. The maximum Gasteiger partial charge on any atom is 0.111 e. The lowest BCUT2D eigenvalue weighted by Crippen LogP contribution is -2.67. The molecule has 5 fully saturated rings. The van der Waals surface area contributed by atoms with E-state index in [-0.39, 0.29) is 54.0 Å². The minimum absolute atomic E-state index is 0.00531. The summed E-state index contributed by atoms with van der Waals surface area (Å²) in [7, 11) is 0. The van der Waals surface area contributed by atoms with Gasteiger partial charge in [-0.05, 0) is 116 Å². The number of allylic oxidation sites excluding steroid dienone is 1. The quantitative estimate of drug-likeness (QED) is 0.259. The third kappa shape index (κ3) is 3.56. The van der Waals surface area contributed by atoms with Crippen LogP contribution in [0.3, 0.4) is 0 Å². The topological polar surface area (TPSA) is 90.2 Å². The summed E-state index contributed by atoms with van der Waals surface area (Å²) < 4.78 is 6.09. The first-order valence-corrected chi connectivity index (χ1v) is 15.4. The zero-order chi connectivity index (χ0) is 27.7. The Labute approximate surface area is 230 Å². The first kappa shape index (κ1) is 28.6. The Bertz CT molecular complexity index is 948. The van der Waals surface area contributed by atoms with E-state index in [0.717, 1.165) is 69.1 Å². The molecule has 0 spiro atoms. The highest BCUT2D eigenvalue weighted by molar-refractivity contribution is 5.26. The Kier molecular flexibility index (Phi) is 7.24. The van der Waals surface area contributed by atoms with Gasteiger partial charge in [0.05, 0.1) is 31.7 Å². The van der Waals surface area contributed by atoms with Gasteiger partial charge in [0, 0.05) is 10.8 Å². The molecule has 0 saturated heterocycles. The molecule has 0 aliphatic heterocycles. The number of hydrogen-bond acceptors (Lipinski definition) is 5. The fourth-order valence-electron chi connectivity index (χ4n) is 12.0. The second-order valence-electron chi connectivity index (χ2n) is 15.0. The summed E-state index contributed by atoms with van der Waals surface area (Å²) in [5.41, 5.74) is 0.858. The van der Waals surface area contributed by atoms with Crippen LogP contribution in [0.5, 0.6) is 0 Å². The third-order valence-electron chi connectivity index (χ3n) is 14.2. The average Bonchev–Trinajstić information content (AvgIpc) is 3.30. The van der Waals surface area contributed by atoms with E-state index in [1.165, 1.54) is 6.42 Å². The molecule has 0 bridgehead atoms. The second-order valence-corrected chi connectivity index (χ2v) is 15.0. The van der Waals surface area contributed by atoms with Crippen LogP contribution < -0.4 is 0 Å². The van der Waals surface area contributed by atoms with Gasteiger partial charge in [0.1, 0.15) is 6.61 Å². The molecule has 1 unspecified atom stereocenters. The number of aliphatic hydroxyl groups excluding tert-OH is 4. The van der Waals surface area contributed by atoms with Gasteiger partial charge in [-0.25, -0.2) is 0 Å². The minimum atomic E-state index is -0.426. The minimum Gasteiger partial charge on any atom is -0.496 e. The summed E-state index contributed by atoms with van der Waals surface area (Å²) in [6.07, 6.45) is 10.2. The molecule has 5 aliphatic carbocycles. The Morgan fingerprint density at radius 3 is 2.21 bits per heavy atom. The number of rotatable bonds is 7. The highest BCUT2D eigenvalue weighted by Gasteiger charge is 2.71. The molecule has 0 heterocycles. The van der Waals surface area contributed by atoms with Crippen LogP contribution in [0.2, 0.25) is 0 Å². The van der Waals surface area contributed by atoms with E-state index < -0.39 is 11.5 Å². The van der Waals surface area contributed by atoms with Gasteiger partial charge in [0.2, 0.25) is 0 Å². The van der Waals surface area contributed by atoms with Crippen molar-refractivity contribution in [2.75, 3.05) is 26.4 Å². The lowest BCUT2D eigenvalue weighted by Gasteiger charge is -2.73. The van der Waals surface area contributed by atoms with Crippen LogP contribution in [0.15, 0.2) is 24.5 Å². The van der Waals surface area contributed by atoms with Crippen molar-refractivity contribution < 1.29 is 25.2 Å². The van der Waals surface area contributed by atoms with Crippen molar-refractivity contribution in [2.24, 2.45) is 56.7 Å². The van der Waals surface area contributed by atoms with E-state index in [4.69, 9.17) is 4.74 Å². The first-order chi connectivity index (χ1) is 17.9. The number of ether oxygens (including phenoxy) is 1. The van der Waals surface area contributed by atoms with Crippen molar-refractivity contribution in [3.05, 3.63) is 24.5 Å². The SMILES string of the molecule is C=C(CO)[C@@H]1CC[C@]2(C(=C)OCCO)CC[C@]3(C)C(CC[C@@H]4[C@@]5(C)CC[C@H](O)[C@@](C)(CO)[C@@H]5CC[C@]43C)[C@@H]12. The summed E-state index contributed by atoms with van der Waals surface area (Å²) in [5.74, 6) is 2.87. The van der Waals surface area contributed by atoms with Gasteiger partial charge < -0.3 is 25.2 Å². The fourth-order valence-corrected chi connectivity index (χ4v) is 12.0. The maximum absolute atomic E-state index is 11.0.